The average Bonchev–Trinajstić information content (AvgIpc) is 3.52. The van der Waals surface area contributed by atoms with Gasteiger partial charge in [-0.1, -0.05) is 64.0 Å². The van der Waals surface area contributed by atoms with Crippen molar-refractivity contribution in [1.29, 1.82) is 0 Å². The normalized spacial score (nSPS) is 15.0. The third-order valence-electron chi connectivity index (χ3n) is 6.29. The molecule has 0 unspecified atom stereocenters. The molecule has 0 bridgehead atoms. The van der Waals surface area contributed by atoms with Gasteiger partial charge < -0.3 is 13.9 Å². The van der Waals surface area contributed by atoms with Crippen molar-refractivity contribution in [3.05, 3.63) is 106 Å². The molecule has 212 valence electrons. The van der Waals surface area contributed by atoms with Crippen LogP contribution in [0.1, 0.15) is 44.1 Å². The summed E-state index contributed by atoms with van der Waals surface area (Å²) in [7, 11) is 1.56. The Morgan fingerprint density at radius 1 is 1.20 bits per heavy atom. The molecule has 0 fully saturated rings. The fraction of sp³-hybridized carbons (Fsp3) is 0.233. The van der Waals surface area contributed by atoms with Crippen molar-refractivity contribution in [1.82, 2.24) is 4.57 Å². The number of nitrogens with zero attached hydrogens (tertiary/aromatic N) is 2. The van der Waals surface area contributed by atoms with Crippen molar-refractivity contribution < 1.29 is 18.7 Å². The second-order valence-corrected chi connectivity index (χ2v) is 12.5. The lowest BCUT2D eigenvalue weighted by Crippen LogP contribution is -2.40. The van der Waals surface area contributed by atoms with E-state index in [9.17, 15) is 9.59 Å². The van der Waals surface area contributed by atoms with E-state index >= 15 is 0 Å². The van der Waals surface area contributed by atoms with Crippen LogP contribution < -0.4 is 19.6 Å². The van der Waals surface area contributed by atoms with Crippen molar-refractivity contribution in [2.45, 2.75) is 42.7 Å². The number of carbonyl (C=O) groups is 1. The van der Waals surface area contributed by atoms with Crippen LogP contribution in [0.3, 0.4) is 0 Å². The molecule has 1 aliphatic rings. The molecule has 1 aliphatic heterocycles. The number of allylic oxidation sites excluding steroid dienone is 1. The van der Waals surface area contributed by atoms with E-state index in [1.54, 1.807) is 30.7 Å². The van der Waals surface area contributed by atoms with Crippen molar-refractivity contribution in [2.24, 2.45) is 4.99 Å². The molecule has 41 heavy (non-hydrogen) atoms. The number of esters is 1. The smallest absolute Gasteiger partial charge is 0.338 e. The Hall–Kier alpha value is -3.05. The lowest BCUT2D eigenvalue weighted by molar-refractivity contribution is -0.139. The molecule has 5 rings (SSSR count). The molecule has 4 aromatic rings. The fourth-order valence-electron chi connectivity index (χ4n) is 4.55. The van der Waals surface area contributed by atoms with Gasteiger partial charge in [0.05, 0.1) is 29.5 Å². The Labute approximate surface area is 258 Å². The van der Waals surface area contributed by atoms with E-state index in [-0.39, 0.29) is 12.2 Å². The predicted octanol–water partition coefficient (Wildman–Crippen LogP) is 6.75. The van der Waals surface area contributed by atoms with E-state index in [4.69, 9.17) is 30.5 Å². The van der Waals surface area contributed by atoms with Gasteiger partial charge in [0.2, 0.25) is 0 Å². The summed E-state index contributed by atoms with van der Waals surface area (Å²) in [6.07, 6.45) is 3.02. The number of hydrogen-bond acceptors (Lipinski definition) is 8. The first kappa shape index (κ1) is 29.4. The van der Waals surface area contributed by atoms with Gasteiger partial charge in [0.25, 0.3) is 5.56 Å². The number of benzene rings is 2. The Morgan fingerprint density at radius 2 is 1.98 bits per heavy atom. The summed E-state index contributed by atoms with van der Waals surface area (Å²) in [6.45, 7) is 3.97. The first-order valence-corrected chi connectivity index (χ1v) is 15.7. The summed E-state index contributed by atoms with van der Waals surface area (Å²) in [5, 5.41) is 1.34. The molecule has 0 spiro atoms. The van der Waals surface area contributed by atoms with Crippen molar-refractivity contribution >= 4 is 62.7 Å². The van der Waals surface area contributed by atoms with Gasteiger partial charge in [0.15, 0.2) is 9.89 Å². The Bertz CT molecular complexity index is 1810. The first-order chi connectivity index (χ1) is 19.8. The number of halogens is 2. The Morgan fingerprint density at radius 3 is 2.68 bits per heavy atom. The molecule has 0 amide bonds. The van der Waals surface area contributed by atoms with Gasteiger partial charge in [-0.15, -0.1) is 0 Å². The number of aromatic nitrogens is 1. The zero-order valence-electron chi connectivity index (χ0n) is 22.5. The molecule has 2 aromatic heterocycles. The lowest BCUT2D eigenvalue weighted by Gasteiger charge is -2.27. The van der Waals surface area contributed by atoms with E-state index < -0.39 is 12.0 Å². The largest absolute Gasteiger partial charge is 0.496 e. The molecule has 0 aliphatic carbocycles. The molecule has 0 N–H and O–H groups in total. The summed E-state index contributed by atoms with van der Waals surface area (Å²) in [6, 6.07) is 15.9. The summed E-state index contributed by atoms with van der Waals surface area (Å²) >= 11 is 12.2. The van der Waals surface area contributed by atoms with Gasteiger partial charge >= 0.3 is 5.97 Å². The van der Waals surface area contributed by atoms with Crippen LogP contribution >= 0.6 is 50.6 Å². The van der Waals surface area contributed by atoms with Crippen LogP contribution in [0.2, 0.25) is 5.02 Å². The first-order valence-electron chi connectivity index (χ1n) is 12.9. The highest BCUT2D eigenvalue weighted by atomic mass is 79.9. The minimum Gasteiger partial charge on any atom is -0.496 e. The number of thiazole rings is 1. The van der Waals surface area contributed by atoms with Gasteiger partial charge in [0.1, 0.15) is 17.6 Å². The number of hydrogen-bond donors (Lipinski definition) is 0. The van der Waals surface area contributed by atoms with Gasteiger partial charge in [0, 0.05) is 26.0 Å². The van der Waals surface area contributed by atoms with Crippen LogP contribution in [-0.2, 0) is 9.53 Å². The maximum absolute atomic E-state index is 14.0. The lowest BCUT2D eigenvalue weighted by atomic mass is 9.93. The number of rotatable bonds is 9. The summed E-state index contributed by atoms with van der Waals surface area (Å²) < 4.78 is 19.9. The topological polar surface area (TPSA) is 83.0 Å². The summed E-state index contributed by atoms with van der Waals surface area (Å²) in [5.74, 6) is 0.569. The molecule has 2 aromatic carbocycles. The number of furan rings is 1. The van der Waals surface area contributed by atoms with E-state index in [0.717, 1.165) is 15.8 Å². The quantitative estimate of drug-likeness (QED) is 0.183. The maximum atomic E-state index is 14.0. The second kappa shape index (κ2) is 12.9. The molecule has 3 heterocycles. The van der Waals surface area contributed by atoms with Gasteiger partial charge in [-0.05, 0) is 67.9 Å². The van der Waals surface area contributed by atoms with Crippen LogP contribution in [0.25, 0.3) is 6.08 Å². The molecule has 0 radical (unpaired) electrons. The second-order valence-electron chi connectivity index (χ2n) is 9.01. The highest BCUT2D eigenvalue weighted by molar-refractivity contribution is 9.10. The average molecular weight is 674 g/mol. The van der Waals surface area contributed by atoms with Crippen LogP contribution in [0, 0.1) is 0 Å². The van der Waals surface area contributed by atoms with Gasteiger partial charge in [-0.2, -0.15) is 0 Å². The zero-order valence-corrected chi connectivity index (χ0v) is 26.5. The molecule has 0 saturated carbocycles. The maximum Gasteiger partial charge on any atom is 0.338 e. The van der Waals surface area contributed by atoms with Crippen LogP contribution in [-0.4, -0.2) is 24.3 Å². The van der Waals surface area contributed by atoms with Gasteiger partial charge in [-0.25, -0.2) is 9.79 Å². The fourth-order valence-corrected chi connectivity index (χ4v) is 6.83. The highest BCUT2D eigenvalue weighted by Crippen LogP contribution is 2.38. The minimum atomic E-state index is -0.783. The van der Waals surface area contributed by atoms with Crippen molar-refractivity contribution in [2.75, 3.05) is 13.7 Å². The molecule has 7 nitrogen and oxygen atoms in total. The van der Waals surface area contributed by atoms with Crippen LogP contribution in [0.15, 0.2) is 94.5 Å². The van der Waals surface area contributed by atoms with Crippen LogP contribution in [0.5, 0.6) is 5.75 Å². The predicted molar refractivity (Wildman–Crippen MR) is 165 cm³/mol. The van der Waals surface area contributed by atoms with Crippen LogP contribution in [0.4, 0.5) is 0 Å². The highest BCUT2D eigenvalue weighted by Gasteiger charge is 2.36. The SMILES string of the molecule is CCCC1=C(C(=O)OCC)[C@H](c2cc(Br)ccc2OC)n2c(s/c(=C/c3ccc(Sc4ccc(Cl)cc4)o3)c2=O)=N1. The summed E-state index contributed by atoms with van der Waals surface area (Å²) in [5.41, 5.74) is 1.30. The summed E-state index contributed by atoms with van der Waals surface area (Å²) in [4.78, 5) is 33.7. The molecule has 1 atom stereocenters. The zero-order chi connectivity index (χ0) is 29.1. The third kappa shape index (κ3) is 6.25. The standard InChI is InChI=1S/C30H26BrClN2O5S2/c1-4-6-22-26(29(36)38-5-2)27(21-15-17(31)7-13-23(21)37-3)34-28(35)24(41-30(34)33-22)16-19-10-14-25(39-19)40-20-11-8-18(32)9-12-20/h7-16,27H,4-6H2,1-3H3/b24-16+/t27-/m0/s1. The number of methoxy groups -OCH3 is 1. The third-order valence-corrected chi connectivity index (χ3v) is 8.94. The minimum absolute atomic E-state index is 0.198. The van der Waals surface area contributed by atoms with E-state index in [2.05, 4.69) is 15.9 Å². The Balaban J connectivity index is 1.65. The number of ether oxygens (including phenoxy) is 2. The number of fused-ring (bicyclic) bond motifs is 1. The van der Waals surface area contributed by atoms with Crippen molar-refractivity contribution in [3.63, 3.8) is 0 Å². The van der Waals surface area contributed by atoms with E-state index in [1.807, 2.05) is 55.5 Å². The van der Waals surface area contributed by atoms with E-state index in [0.29, 0.717) is 54.2 Å². The molecule has 11 heteroatoms. The van der Waals surface area contributed by atoms with E-state index in [1.165, 1.54) is 23.1 Å². The monoisotopic (exact) mass is 672 g/mol. The van der Waals surface area contributed by atoms with Crippen molar-refractivity contribution in [3.8, 4) is 5.75 Å². The number of carbonyl (C=O) groups excluding carboxylic acids is 1. The molecule has 0 saturated heterocycles. The Kier molecular flexibility index (Phi) is 9.23. The molecular formula is C30H26BrClN2O5S2. The van der Waals surface area contributed by atoms with Gasteiger partial charge in [-0.3, -0.25) is 9.36 Å². The molecular weight excluding hydrogens is 648 g/mol.